The smallest absolute Gasteiger partial charge is 0.334 e. The van der Waals surface area contributed by atoms with Crippen LogP contribution in [0.4, 0.5) is 31.1 Å². The van der Waals surface area contributed by atoms with Crippen LogP contribution in [0.5, 0.6) is 0 Å². The van der Waals surface area contributed by atoms with Crippen molar-refractivity contribution >= 4 is 18.4 Å². The van der Waals surface area contributed by atoms with Gasteiger partial charge in [-0.1, -0.05) is 6.07 Å². The second-order valence-corrected chi connectivity index (χ2v) is 5.26. The van der Waals surface area contributed by atoms with Crippen LogP contribution in [0.2, 0.25) is 0 Å². The van der Waals surface area contributed by atoms with E-state index in [-0.39, 0.29) is 18.5 Å². The van der Waals surface area contributed by atoms with Gasteiger partial charge in [-0.2, -0.15) is 26.3 Å². The highest BCUT2D eigenvalue weighted by Gasteiger charge is 2.38. The van der Waals surface area contributed by atoms with Crippen molar-refractivity contribution in [2.24, 2.45) is 0 Å². The maximum atomic E-state index is 13.0. The first-order valence-electron chi connectivity index (χ1n) is 7.10. The van der Waals surface area contributed by atoms with Crippen LogP contribution in [-0.4, -0.2) is 37.1 Å². The van der Waals surface area contributed by atoms with Crippen LogP contribution in [0.1, 0.15) is 16.7 Å². The number of alkyl halides is 6. The average molecular weight is 392 g/mol. The summed E-state index contributed by atoms with van der Waals surface area (Å²) in [5.74, 6) is 0. The normalized spacial score (nSPS) is 15.5. The van der Waals surface area contributed by atoms with Crippen molar-refractivity contribution < 1.29 is 31.1 Å². The molecule has 0 saturated carbocycles. The molecule has 0 radical (unpaired) electrons. The minimum atomic E-state index is -4.95. The predicted octanol–water partition coefficient (Wildman–Crippen LogP) is 3.26. The molecule has 2 amide bonds. The Labute approximate surface area is 146 Å². The van der Waals surface area contributed by atoms with Gasteiger partial charge in [-0.25, -0.2) is 4.79 Å². The zero-order chi connectivity index (χ0) is 18.0. The van der Waals surface area contributed by atoms with Gasteiger partial charge in [0.2, 0.25) is 0 Å². The molecule has 0 aliphatic carbocycles. The standard InChI is InChI=1S/C14H15F6N3O.ClH/c15-13(16,17)10-2-1-9(11(7-10)14(18,19)20)8-22-12(24)23-5-3-21-4-6-23;/h1-2,7,21H,3-6,8H2,(H,22,24);1H. The van der Waals surface area contributed by atoms with Gasteiger partial charge in [-0.15, -0.1) is 12.4 Å². The summed E-state index contributed by atoms with van der Waals surface area (Å²) in [7, 11) is 0. The molecule has 142 valence electrons. The molecule has 0 spiro atoms. The van der Waals surface area contributed by atoms with Crippen LogP contribution >= 0.6 is 12.4 Å². The lowest BCUT2D eigenvalue weighted by atomic mass is 10.0. The number of piperazine rings is 1. The molecule has 25 heavy (non-hydrogen) atoms. The number of hydrogen-bond donors (Lipinski definition) is 2. The number of halogens is 7. The zero-order valence-corrected chi connectivity index (χ0v) is 13.6. The van der Waals surface area contributed by atoms with Gasteiger partial charge >= 0.3 is 18.4 Å². The summed E-state index contributed by atoms with van der Waals surface area (Å²) in [6.45, 7) is 1.45. The first kappa shape index (κ1) is 21.4. The van der Waals surface area contributed by atoms with Gasteiger partial charge in [-0.05, 0) is 17.7 Å². The largest absolute Gasteiger partial charge is 0.416 e. The van der Waals surface area contributed by atoms with Crippen molar-refractivity contribution in [2.75, 3.05) is 26.2 Å². The molecule has 11 heteroatoms. The summed E-state index contributed by atoms with van der Waals surface area (Å²) in [5, 5.41) is 5.33. The van der Waals surface area contributed by atoms with Crippen molar-refractivity contribution in [3.8, 4) is 0 Å². The molecule has 0 aromatic heterocycles. The second kappa shape index (κ2) is 8.13. The molecular formula is C14H16ClF6N3O. The van der Waals surface area contributed by atoms with Crippen molar-refractivity contribution in [2.45, 2.75) is 18.9 Å². The highest BCUT2D eigenvalue weighted by atomic mass is 35.5. The number of carbonyl (C=O) groups excluding carboxylic acids is 1. The Hall–Kier alpha value is -1.68. The van der Waals surface area contributed by atoms with E-state index in [1.54, 1.807) is 0 Å². The Bertz CT molecular complexity index is 599. The second-order valence-electron chi connectivity index (χ2n) is 5.26. The van der Waals surface area contributed by atoms with Crippen LogP contribution in [0.15, 0.2) is 18.2 Å². The van der Waals surface area contributed by atoms with Crippen LogP contribution in [0.25, 0.3) is 0 Å². The lowest BCUT2D eigenvalue weighted by molar-refractivity contribution is -0.143. The Morgan fingerprint density at radius 3 is 2.20 bits per heavy atom. The Morgan fingerprint density at radius 1 is 1.08 bits per heavy atom. The molecule has 0 atom stereocenters. The predicted molar refractivity (Wildman–Crippen MR) is 80.4 cm³/mol. The van der Waals surface area contributed by atoms with Crippen LogP contribution in [0, 0.1) is 0 Å². The van der Waals surface area contributed by atoms with Crippen LogP contribution < -0.4 is 10.6 Å². The highest BCUT2D eigenvalue weighted by molar-refractivity contribution is 5.85. The van der Waals surface area contributed by atoms with E-state index in [1.807, 2.05) is 0 Å². The first-order chi connectivity index (χ1) is 11.1. The van der Waals surface area contributed by atoms with Gasteiger partial charge in [0.25, 0.3) is 0 Å². The van der Waals surface area contributed by atoms with Gasteiger partial charge in [0.1, 0.15) is 0 Å². The number of amides is 2. The molecule has 0 unspecified atom stereocenters. The fourth-order valence-electron chi connectivity index (χ4n) is 2.32. The van der Waals surface area contributed by atoms with Crippen molar-refractivity contribution in [1.29, 1.82) is 0 Å². The van der Waals surface area contributed by atoms with Crippen molar-refractivity contribution in [3.63, 3.8) is 0 Å². The number of rotatable bonds is 2. The summed E-state index contributed by atoms with van der Waals surface area (Å²) in [6, 6.07) is 0.821. The van der Waals surface area contributed by atoms with E-state index in [4.69, 9.17) is 0 Å². The van der Waals surface area contributed by atoms with E-state index in [0.717, 1.165) is 6.07 Å². The van der Waals surface area contributed by atoms with Crippen molar-refractivity contribution in [1.82, 2.24) is 15.5 Å². The zero-order valence-electron chi connectivity index (χ0n) is 12.8. The number of hydrogen-bond acceptors (Lipinski definition) is 2. The fourth-order valence-corrected chi connectivity index (χ4v) is 2.32. The van der Waals surface area contributed by atoms with Gasteiger partial charge in [0.15, 0.2) is 0 Å². The number of nitrogens with one attached hydrogen (secondary N) is 2. The minimum absolute atomic E-state index is 0. The van der Waals surface area contributed by atoms with Crippen LogP contribution in [-0.2, 0) is 18.9 Å². The molecular weight excluding hydrogens is 376 g/mol. The molecule has 1 fully saturated rings. The summed E-state index contributed by atoms with van der Waals surface area (Å²) in [5.41, 5.74) is -3.20. The van der Waals surface area contributed by atoms with E-state index in [2.05, 4.69) is 10.6 Å². The molecule has 1 saturated heterocycles. The SMILES string of the molecule is Cl.O=C(NCc1ccc(C(F)(F)F)cc1C(F)(F)F)N1CCNCC1. The monoisotopic (exact) mass is 391 g/mol. The fraction of sp³-hybridized carbons (Fsp3) is 0.500. The van der Waals surface area contributed by atoms with E-state index in [9.17, 15) is 31.1 Å². The molecule has 1 aliphatic heterocycles. The topological polar surface area (TPSA) is 44.4 Å². The molecule has 0 bridgehead atoms. The lowest BCUT2D eigenvalue weighted by Crippen LogP contribution is -2.50. The molecule has 4 nitrogen and oxygen atoms in total. The average Bonchev–Trinajstić information content (AvgIpc) is 2.51. The molecule has 1 aliphatic rings. The molecule has 1 aromatic carbocycles. The minimum Gasteiger partial charge on any atom is -0.334 e. The Kier molecular flexibility index (Phi) is 6.95. The van der Waals surface area contributed by atoms with E-state index >= 15 is 0 Å². The maximum absolute atomic E-state index is 13.0. The van der Waals surface area contributed by atoms with Gasteiger partial charge in [0, 0.05) is 32.7 Å². The third-order valence-corrected chi connectivity index (χ3v) is 3.58. The van der Waals surface area contributed by atoms with Gasteiger partial charge < -0.3 is 15.5 Å². The molecule has 2 rings (SSSR count). The first-order valence-corrected chi connectivity index (χ1v) is 7.10. The number of carbonyl (C=O) groups is 1. The number of urea groups is 1. The number of nitrogens with zero attached hydrogens (tertiary/aromatic N) is 1. The van der Waals surface area contributed by atoms with E-state index in [1.165, 1.54) is 4.90 Å². The van der Waals surface area contributed by atoms with Crippen LogP contribution in [0.3, 0.4) is 0 Å². The summed E-state index contributed by atoms with van der Waals surface area (Å²) in [4.78, 5) is 13.3. The summed E-state index contributed by atoms with van der Waals surface area (Å²) < 4.78 is 76.8. The summed E-state index contributed by atoms with van der Waals surface area (Å²) in [6.07, 6.45) is -9.82. The highest BCUT2D eigenvalue weighted by Crippen LogP contribution is 2.37. The van der Waals surface area contributed by atoms with Gasteiger partial charge in [0.05, 0.1) is 11.1 Å². The molecule has 1 aromatic rings. The summed E-state index contributed by atoms with van der Waals surface area (Å²) >= 11 is 0. The lowest BCUT2D eigenvalue weighted by Gasteiger charge is -2.27. The van der Waals surface area contributed by atoms with E-state index in [0.29, 0.717) is 32.2 Å². The van der Waals surface area contributed by atoms with E-state index < -0.39 is 41.6 Å². The third-order valence-electron chi connectivity index (χ3n) is 3.58. The maximum Gasteiger partial charge on any atom is 0.416 e. The third kappa shape index (κ3) is 5.67. The number of benzene rings is 1. The van der Waals surface area contributed by atoms with Crippen molar-refractivity contribution in [3.05, 3.63) is 34.9 Å². The van der Waals surface area contributed by atoms with Gasteiger partial charge in [-0.3, -0.25) is 0 Å². The Balaban J connectivity index is 0.00000312. The molecule has 1 heterocycles. The quantitative estimate of drug-likeness (QED) is 0.760. The molecule has 2 N–H and O–H groups in total. The Morgan fingerprint density at radius 2 is 1.68 bits per heavy atom.